The topological polar surface area (TPSA) is 43.4 Å². The van der Waals surface area contributed by atoms with Crippen LogP contribution in [0.3, 0.4) is 0 Å². The molecule has 1 aromatic heterocycles. The molecule has 0 radical (unpaired) electrons. The second kappa shape index (κ2) is 6.27. The van der Waals surface area contributed by atoms with Crippen LogP contribution < -0.4 is 10.1 Å². The summed E-state index contributed by atoms with van der Waals surface area (Å²) in [7, 11) is 3.19. The summed E-state index contributed by atoms with van der Waals surface area (Å²) < 4.78 is 10.7. The molecule has 4 nitrogen and oxygen atoms in total. The molecule has 0 saturated heterocycles. The van der Waals surface area contributed by atoms with Crippen molar-refractivity contribution in [3.8, 4) is 5.88 Å². The summed E-state index contributed by atoms with van der Waals surface area (Å²) in [6, 6.07) is 1.94. The van der Waals surface area contributed by atoms with Gasteiger partial charge in [-0.05, 0) is 28.9 Å². The molecule has 0 unspecified atom stereocenters. The average molecular weight is 310 g/mol. The Balaban J connectivity index is 2.85. The van der Waals surface area contributed by atoms with E-state index < -0.39 is 0 Å². The highest BCUT2D eigenvalue weighted by atomic mass is 79.9. The fourth-order valence-corrected chi connectivity index (χ4v) is 1.87. The number of methoxy groups -OCH3 is 2. The maximum Gasteiger partial charge on any atom is 0.233 e. The molecule has 90 valence electrons. The van der Waals surface area contributed by atoms with Gasteiger partial charge in [0, 0.05) is 13.2 Å². The Kier molecular flexibility index (Phi) is 5.31. The number of pyridine rings is 1. The van der Waals surface area contributed by atoms with E-state index >= 15 is 0 Å². The number of halogens is 2. The Morgan fingerprint density at radius 1 is 1.56 bits per heavy atom. The van der Waals surface area contributed by atoms with Crippen molar-refractivity contribution in [1.29, 1.82) is 0 Å². The number of aromatic nitrogens is 1. The van der Waals surface area contributed by atoms with E-state index in [4.69, 9.17) is 21.1 Å². The highest BCUT2D eigenvalue weighted by Crippen LogP contribution is 2.31. The van der Waals surface area contributed by atoms with Crippen LogP contribution in [0.25, 0.3) is 0 Å². The Bertz CT molecular complexity index is 363. The summed E-state index contributed by atoms with van der Waals surface area (Å²) in [5.74, 6) is 0.401. The highest BCUT2D eigenvalue weighted by Gasteiger charge is 2.11. The minimum atomic E-state index is 0.174. The molecule has 1 atom stereocenters. The van der Waals surface area contributed by atoms with Gasteiger partial charge in [-0.3, -0.25) is 0 Å². The molecule has 1 N–H and O–H groups in total. The summed E-state index contributed by atoms with van der Waals surface area (Å²) in [5.41, 5.74) is 0.815. The Labute approximate surface area is 108 Å². The van der Waals surface area contributed by atoms with Gasteiger partial charge in [0.05, 0.1) is 19.4 Å². The van der Waals surface area contributed by atoms with Crippen LogP contribution in [0, 0.1) is 0 Å². The molecule has 0 fully saturated rings. The van der Waals surface area contributed by atoms with Crippen LogP contribution in [0.1, 0.15) is 6.92 Å². The van der Waals surface area contributed by atoms with E-state index in [-0.39, 0.29) is 6.04 Å². The molecule has 0 saturated carbocycles. The van der Waals surface area contributed by atoms with Crippen molar-refractivity contribution < 1.29 is 9.47 Å². The Morgan fingerprint density at radius 2 is 2.25 bits per heavy atom. The molecule has 0 aromatic carbocycles. The summed E-state index contributed by atoms with van der Waals surface area (Å²) >= 11 is 9.33. The fraction of sp³-hybridized carbons (Fsp3) is 0.500. The molecule has 16 heavy (non-hydrogen) atoms. The van der Waals surface area contributed by atoms with Gasteiger partial charge in [0.1, 0.15) is 9.63 Å². The number of rotatable bonds is 5. The van der Waals surface area contributed by atoms with Crippen LogP contribution in [0.2, 0.25) is 5.02 Å². The predicted octanol–water partition coefficient (Wildman–Crippen LogP) is 2.95. The molecule has 0 aliphatic rings. The second-order valence-electron chi connectivity index (χ2n) is 3.32. The first kappa shape index (κ1) is 13.5. The molecule has 1 heterocycles. The fourth-order valence-electron chi connectivity index (χ4n) is 1.25. The lowest BCUT2D eigenvalue weighted by Gasteiger charge is -2.16. The lowest BCUT2D eigenvalue weighted by Crippen LogP contribution is -2.21. The second-order valence-corrected chi connectivity index (χ2v) is 4.48. The monoisotopic (exact) mass is 308 g/mol. The zero-order chi connectivity index (χ0) is 12.1. The van der Waals surface area contributed by atoms with E-state index in [2.05, 4.69) is 26.2 Å². The summed E-state index contributed by atoms with van der Waals surface area (Å²) in [5, 5.41) is 3.70. The zero-order valence-electron chi connectivity index (χ0n) is 9.38. The van der Waals surface area contributed by atoms with Crippen LogP contribution in [-0.4, -0.2) is 31.9 Å². The van der Waals surface area contributed by atoms with Crippen molar-refractivity contribution in [3.05, 3.63) is 15.7 Å². The SMILES string of the molecule is COC[C@H](C)Nc1cc(Cl)c(OC)nc1Br. The van der Waals surface area contributed by atoms with Crippen LogP contribution in [0.5, 0.6) is 5.88 Å². The van der Waals surface area contributed by atoms with Gasteiger partial charge in [0.25, 0.3) is 0 Å². The average Bonchev–Trinajstić information content (AvgIpc) is 2.23. The summed E-state index contributed by atoms with van der Waals surface area (Å²) in [4.78, 5) is 4.16. The molecule has 0 spiro atoms. The van der Waals surface area contributed by atoms with E-state index in [1.54, 1.807) is 13.2 Å². The minimum Gasteiger partial charge on any atom is -0.480 e. The zero-order valence-corrected chi connectivity index (χ0v) is 11.7. The minimum absolute atomic E-state index is 0.174. The summed E-state index contributed by atoms with van der Waals surface area (Å²) in [6.45, 7) is 2.62. The third-order valence-corrected chi connectivity index (χ3v) is 2.78. The largest absolute Gasteiger partial charge is 0.480 e. The standard InChI is InChI=1S/C10H14BrClN2O2/c1-6(5-15-2)13-8-4-7(12)10(16-3)14-9(8)11/h4,6,13H,5H2,1-3H3/t6-/m0/s1. The number of ether oxygens (including phenoxy) is 2. The third-order valence-electron chi connectivity index (χ3n) is 1.91. The predicted molar refractivity (Wildman–Crippen MR) is 68.5 cm³/mol. The molecule has 6 heteroatoms. The van der Waals surface area contributed by atoms with E-state index in [0.717, 1.165) is 5.69 Å². The van der Waals surface area contributed by atoms with Crippen LogP contribution >= 0.6 is 27.5 Å². The van der Waals surface area contributed by atoms with Crippen molar-refractivity contribution in [2.45, 2.75) is 13.0 Å². The smallest absolute Gasteiger partial charge is 0.233 e. The van der Waals surface area contributed by atoms with Gasteiger partial charge < -0.3 is 14.8 Å². The molecule has 0 amide bonds. The number of hydrogen-bond acceptors (Lipinski definition) is 4. The maximum atomic E-state index is 5.98. The van der Waals surface area contributed by atoms with Gasteiger partial charge >= 0.3 is 0 Å². The van der Waals surface area contributed by atoms with E-state index in [0.29, 0.717) is 22.1 Å². The number of nitrogens with one attached hydrogen (secondary N) is 1. The van der Waals surface area contributed by atoms with Crippen LogP contribution in [0.15, 0.2) is 10.7 Å². The van der Waals surface area contributed by atoms with Crippen LogP contribution in [0.4, 0.5) is 5.69 Å². The van der Waals surface area contributed by atoms with Gasteiger partial charge in [-0.1, -0.05) is 11.6 Å². The Morgan fingerprint density at radius 3 is 2.81 bits per heavy atom. The molecular weight excluding hydrogens is 295 g/mol. The van der Waals surface area contributed by atoms with Gasteiger partial charge in [-0.2, -0.15) is 0 Å². The quantitative estimate of drug-likeness (QED) is 0.849. The highest BCUT2D eigenvalue weighted by molar-refractivity contribution is 9.10. The summed E-state index contributed by atoms with van der Waals surface area (Å²) in [6.07, 6.45) is 0. The van der Waals surface area contributed by atoms with Gasteiger partial charge in [0.2, 0.25) is 5.88 Å². The first-order valence-corrected chi connectivity index (χ1v) is 5.91. The van der Waals surface area contributed by atoms with Crippen molar-refractivity contribution in [3.63, 3.8) is 0 Å². The van der Waals surface area contributed by atoms with Crippen molar-refractivity contribution in [2.24, 2.45) is 0 Å². The first-order chi connectivity index (χ1) is 7.58. The molecule has 0 aliphatic heterocycles. The number of nitrogens with zero attached hydrogens (tertiary/aromatic N) is 1. The lowest BCUT2D eigenvalue weighted by atomic mass is 10.3. The Hall–Kier alpha value is -0.520. The van der Waals surface area contributed by atoms with Gasteiger partial charge in [-0.15, -0.1) is 0 Å². The van der Waals surface area contributed by atoms with Gasteiger partial charge in [-0.25, -0.2) is 4.98 Å². The number of hydrogen-bond donors (Lipinski definition) is 1. The molecule has 1 rings (SSSR count). The first-order valence-electron chi connectivity index (χ1n) is 4.74. The van der Waals surface area contributed by atoms with E-state index in [1.165, 1.54) is 7.11 Å². The molecule has 0 aliphatic carbocycles. The maximum absolute atomic E-state index is 5.98. The third kappa shape index (κ3) is 3.50. The van der Waals surface area contributed by atoms with Crippen molar-refractivity contribution in [2.75, 3.05) is 26.1 Å². The number of anilines is 1. The molecular formula is C10H14BrClN2O2. The van der Waals surface area contributed by atoms with E-state index in [9.17, 15) is 0 Å². The van der Waals surface area contributed by atoms with Crippen LogP contribution in [-0.2, 0) is 4.74 Å². The van der Waals surface area contributed by atoms with Crippen molar-refractivity contribution >= 4 is 33.2 Å². The van der Waals surface area contributed by atoms with E-state index in [1.807, 2.05) is 6.92 Å². The molecule has 0 bridgehead atoms. The lowest BCUT2D eigenvalue weighted by molar-refractivity contribution is 0.190. The normalized spacial score (nSPS) is 12.3. The molecule has 1 aromatic rings. The van der Waals surface area contributed by atoms with Crippen molar-refractivity contribution in [1.82, 2.24) is 4.98 Å². The van der Waals surface area contributed by atoms with Gasteiger partial charge in [0.15, 0.2) is 0 Å².